The predicted octanol–water partition coefficient (Wildman–Crippen LogP) is 3.45. The summed E-state index contributed by atoms with van der Waals surface area (Å²) in [6.07, 6.45) is 0. The zero-order valence-electron chi connectivity index (χ0n) is 12.8. The van der Waals surface area contributed by atoms with Crippen LogP contribution in [0.15, 0.2) is 58.8 Å². The second-order valence-electron chi connectivity index (χ2n) is 5.19. The maximum absolute atomic E-state index is 13.1. The topological polar surface area (TPSA) is 52.3 Å². The molecule has 1 aromatic heterocycles. The molecule has 0 saturated carbocycles. The summed E-state index contributed by atoms with van der Waals surface area (Å²) in [7, 11) is 1.64. The lowest BCUT2D eigenvalue weighted by Crippen LogP contribution is -2.13. The van der Waals surface area contributed by atoms with Crippen molar-refractivity contribution >= 4 is 17.5 Å². The molecular weight excluding hydrogens is 327 g/mol. The highest BCUT2D eigenvalue weighted by atomic mass is 32.2. The van der Waals surface area contributed by atoms with E-state index in [1.165, 1.54) is 12.1 Å². The van der Waals surface area contributed by atoms with Gasteiger partial charge in [0.1, 0.15) is 11.6 Å². The van der Waals surface area contributed by atoms with Crippen molar-refractivity contribution in [3.63, 3.8) is 0 Å². The zero-order chi connectivity index (χ0) is 16.5. The Morgan fingerprint density at radius 2 is 1.71 bits per heavy atom. The van der Waals surface area contributed by atoms with Crippen molar-refractivity contribution in [2.75, 3.05) is 12.9 Å². The second-order valence-corrected chi connectivity index (χ2v) is 6.13. The van der Waals surface area contributed by atoms with E-state index < -0.39 is 0 Å². The molecule has 2 heterocycles. The summed E-state index contributed by atoms with van der Waals surface area (Å²) < 4.78 is 20.0. The van der Waals surface area contributed by atoms with Crippen LogP contribution in [0.2, 0.25) is 0 Å². The van der Waals surface area contributed by atoms with Crippen molar-refractivity contribution in [3.8, 4) is 17.1 Å². The molecule has 0 unspecified atom stereocenters. The molecule has 0 N–H and O–H groups in total. The molecule has 0 spiro atoms. The van der Waals surface area contributed by atoms with E-state index in [4.69, 9.17) is 4.74 Å². The lowest BCUT2D eigenvalue weighted by Gasteiger charge is -2.14. The fourth-order valence-corrected chi connectivity index (χ4v) is 3.27. The molecule has 7 heteroatoms. The number of fused-ring (bicyclic) bond motifs is 1. The molecule has 0 atom stereocenters. The maximum atomic E-state index is 13.1. The summed E-state index contributed by atoms with van der Waals surface area (Å²) in [5.41, 5.74) is 2.72. The molecule has 2 aromatic carbocycles. The van der Waals surface area contributed by atoms with Crippen LogP contribution in [-0.2, 0) is 0 Å². The van der Waals surface area contributed by atoms with Gasteiger partial charge in [0.05, 0.1) is 12.8 Å². The number of aromatic nitrogens is 3. The highest BCUT2D eigenvalue weighted by Crippen LogP contribution is 2.28. The molecule has 120 valence electrons. The number of nitrogens with zero attached hydrogens (tertiary/aromatic N) is 4. The molecule has 5 nitrogen and oxygen atoms in total. The van der Waals surface area contributed by atoms with Gasteiger partial charge in [-0.05, 0) is 54.1 Å². The normalized spacial score (nSPS) is 13.3. The SMILES string of the molecule is COc1ccc(C2=Nn3c(nnc3-c3ccc(F)cc3)SC2)cc1. The van der Waals surface area contributed by atoms with Crippen LogP contribution in [0.25, 0.3) is 11.4 Å². The van der Waals surface area contributed by atoms with Crippen molar-refractivity contribution in [3.05, 3.63) is 59.9 Å². The average molecular weight is 340 g/mol. The Labute approximate surface area is 142 Å². The maximum Gasteiger partial charge on any atom is 0.212 e. The van der Waals surface area contributed by atoms with Gasteiger partial charge in [-0.25, -0.2) is 4.39 Å². The van der Waals surface area contributed by atoms with E-state index in [0.717, 1.165) is 27.7 Å². The van der Waals surface area contributed by atoms with Crippen molar-refractivity contribution in [2.24, 2.45) is 5.10 Å². The summed E-state index contributed by atoms with van der Waals surface area (Å²) in [6, 6.07) is 13.9. The van der Waals surface area contributed by atoms with Gasteiger partial charge in [0.25, 0.3) is 0 Å². The minimum atomic E-state index is -0.283. The first kappa shape index (κ1) is 14.9. The lowest BCUT2D eigenvalue weighted by molar-refractivity contribution is 0.415. The number of hydrogen-bond acceptors (Lipinski definition) is 5. The molecule has 0 aliphatic carbocycles. The van der Waals surface area contributed by atoms with Gasteiger partial charge in [-0.15, -0.1) is 10.2 Å². The third-order valence-electron chi connectivity index (χ3n) is 3.70. The van der Waals surface area contributed by atoms with Gasteiger partial charge in [0.2, 0.25) is 5.16 Å². The van der Waals surface area contributed by atoms with Gasteiger partial charge in [-0.2, -0.15) is 9.78 Å². The number of halogens is 1. The molecule has 3 aromatic rings. The van der Waals surface area contributed by atoms with E-state index in [9.17, 15) is 4.39 Å². The Balaban J connectivity index is 1.74. The summed E-state index contributed by atoms with van der Waals surface area (Å²) >= 11 is 1.57. The van der Waals surface area contributed by atoms with Crippen molar-refractivity contribution in [2.45, 2.75) is 5.16 Å². The molecule has 0 radical (unpaired) electrons. The Kier molecular flexibility index (Phi) is 3.78. The minimum Gasteiger partial charge on any atom is -0.497 e. The smallest absolute Gasteiger partial charge is 0.212 e. The standard InChI is InChI=1S/C17H13FN4OS/c1-23-14-8-4-11(5-9-14)15-10-24-17-20-19-16(22(17)21-15)12-2-6-13(18)7-3-12/h2-9H,10H2,1H3. The monoisotopic (exact) mass is 340 g/mol. The van der Waals surface area contributed by atoms with Crippen LogP contribution in [0.3, 0.4) is 0 Å². The number of rotatable bonds is 3. The van der Waals surface area contributed by atoms with E-state index >= 15 is 0 Å². The summed E-state index contributed by atoms with van der Waals surface area (Å²) in [5.74, 6) is 1.84. The Hall–Kier alpha value is -2.67. The van der Waals surface area contributed by atoms with Gasteiger partial charge in [-0.1, -0.05) is 11.8 Å². The number of ether oxygens (including phenoxy) is 1. The molecule has 0 amide bonds. The molecule has 1 aliphatic heterocycles. The highest BCUT2D eigenvalue weighted by molar-refractivity contribution is 7.99. The van der Waals surface area contributed by atoms with Gasteiger partial charge in [0, 0.05) is 11.3 Å². The van der Waals surface area contributed by atoms with Crippen molar-refractivity contribution in [1.29, 1.82) is 0 Å². The molecule has 4 rings (SSSR count). The first-order valence-electron chi connectivity index (χ1n) is 7.31. The fraction of sp³-hybridized carbons (Fsp3) is 0.118. The van der Waals surface area contributed by atoms with E-state index in [2.05, 4.69) is 15.3 Å². The van der Waals surface area contributed by atoms with Gasteiger partial charge in [0.15, 0.2) is 5.82 Å². The van der Waals surface area contributed by atoms with Crippen LogP contribution < -0.4 is 4.74 Å². The first-order chi connectivity index (χ1) is 11.7. The van der Waals surface area contributed by atoms with Crippen LogP contribution in [0.1, 0.15) is 5.56 Å². The van der Waals surface area contributed by atoms with Gasteiger partial charge in [-0.3, -0.25) is 0 Å². The molecule has 0 saturated heterocycles. The predicted molar refractivity (Wildman–Crippen MR) is 91.1 cm³/mol. The third-order valence-corrected chi connectivity index (χ3v) is 4.63. The first-order valence-corrected chi connectivity index (χ1v) is 8.29. The molecule has 1 aliphatic rings. The van der Waals surface area contributed by atoms with Crippen LogP contribution in [0, 0.1) is 5.82 Å². The van der Waals surface area contributed by atoms with E-state index in [-0.39, 0.29) is 5.82 Å². The molecule has 0 fully saturated rings. The van der Waals surface area contributed by atoms with Crippen molar-refractivity contribution < 1.29 is 9.13 Å². The quantitative estimate of drug-likeness (QED) is 0.733. The number of hydrogen-bond donors (Lipinski definition) is 0. The van der Waals surface area contributed by atoms with Crippen LogP contribution in [0.5, 0.6) is 5.75 Å². The van der Waals surface area contributed by atoms with Gasteiger partial charge < -0.3 is 4.74 Å². The Bertz CT molecular complexity index is 903. The summed E-state index contributed by atoms with van der Waals surface area (Å²) in [6.45, 7) is 0. The third kappa shape index (κ3) is 2.67. The minimum absolute atomic E-state index is 0.283. The largest absolute Gasteiger partial charge is 0.497 e. The fourth-order valence-electron chi connectivity index (χ4n) is 2.43. The van der Waals surface area contributed by atoms with Crippen LogP contribution in [0.4, 0.5) is 4.39 Å². The number of benzene rings is 2. The van der Waals surface area contributed by atoms with Crippen LogP contribution >= 0.6 is 11.8 Å². The molecular formula is C17H13FN4OS. The zero-order valence-corrected chi connectivity index (χ0v) is 13.6. The van der Waals surface area contributed by atoms with Crippen LogP contribution in [-0.4, -0.2) is 33.4 Å². The number of methoxy groups -OCH3 is 1. The number of thioether (sulfide) groups is 1. The van der Waals surface area contributed by atoms with Gasteiger partial charge >= 0.3 is 0 Å². The highest BCUT2D eigenvalue weighted by Gasteiger charge is 2.20. The van der Waals surface area contributed by atoms with E-state index in [0.29, 0.717) is 11.6 Å². The Morgan fingerprint density at radius 3 is 2.42 bits per heavy atom. The Morgan fingerprint density at radius 1 is 1.00 bits per heavy atom. The molecule has 24 heavy (non-hydrogen) atoms. The second kappa shape index (κ2) is 6.09. The summed E-state index contributed by atoms with van der Waals surface area (Å²) in [4.78, 5) is 0. The van der Waals surface area contributed by atoms with E-state index in [1.807, 2.05) is 24.3 Å². The van der Waals surface area contributed by atoms with E-state index in [1.54, 1.807) is 35.7 Å². The average Bonchev–Trinajstić information content (AvgIpc) is 3.05. The lowest BCUT2D eigenvalue weighted by atomic mass is 10.1. The molecule has 0 bridgehead atoms. The van der Waals surface area contributed by atoms with Crippen molar-refractivity contribution in [1.82, 2.24) is 14.9 Å². The summed E-state index contributed by atoms with van der Waals surface area (Å²) in [5, 5.41) is 13.8.